The average Bonchev–Trinajstić information content (AvgIpc) is 3.38. The molecule has 0 aliphatic carbocycles. The fourth-order valence-electron chi connectivity index (χ4n) is 3.06. The Hall–Kier alpha value is -4.27. The van der Waals surface area contributed by atoms with Gasteiger partial charge in [-0.1, -0.05) is 30.3 Å². The normalized spacial score (nSPS) is 11.2. The number of furan rings is 1. The molecule has 0 spiro atoms. The van der Waals surface area contributed by atoms with Gasteiger partial charge in [0, 0.05) is 12.1 Å². The lowest BCUT2D eigenvalue weighted by Crippen LogP contribution is -2.31. The first kappa shape index (κ1) is 23.4. The molecule has 0 saturated carbocycles. The molecule has 0 bridgehead atoms. The molecular weight excluding hydrogens is 428 g/mol. The highest BCUT2D eigenvalue weighted by molar-refractivity contribution is 6.07. The van der Waals surface area contributed by atoms with Crippen molar-refractivity contribution in [2.75, 3.05) is 26.1 Å². The molecule has 2 aromatic carbocycles. The van der Waals surface area contributed by atoms with Gasteiger partial charge in [0.25, 0.3) is 11.8 Å². The monoisotopic (exact) mass is 452 g/mol. The van der Waals surface area contributed by atoms with E-state index in [9.17, 15) is 14.4 Å². The summed E-state index contributed by atoms with van der Waals surface area (Å²) in [5, 5.41) is 5.36. The summed E-state index contributed by atoms with van der Waals surface area (Å²) in [6.07, 6.45) is 1.35. The van der Waals surface area contributed by atoms with Crippen LogP contribution in [0.4, 0.5) is 5.69 Å². The van der Waals surface area contributed by atoms with Gasteiger partial charge < -0.3 is 29.3 Å². The minimum Gasteiger partial charge on any atom is -0.493 e. The van der Waals surface area contributed by atoms with Crippen LogP contribution < -0.4 is 20.1 Å². The molecule has 172 valence electrons. The van der Waals surface area contributed by atoms with Crippen molar-refractivity contribution in [2.45, 2.75) is 13.0 Å². The number of hydrogen-bond acceptors (Lipinski definition) is 7. The van der Waals surface area contributed by atoms with Crippen LogP contribution in [0.15, 0.2) is 65.3 Å². The summed E-state index contributed by atoms with van der Waals surface area (Å²) in [7, 11) is 2.83. The predicted octanol–water partition coefficient (Wildman–Crippen LogP) is 3.58. The highest BCUT2D eigenvalue weighted by Gasteiger charge is 2.22. The number of ether oxygens (including phenoxy) is 3. The summed E-state index contributed by atoms with van der Waals surface area (Å²) in [5.74, 6) is -1.27. The van der Waals surface area contributed by atoms with Gasteiger partial charge >= 0.3 is 5.97 Å². The molecule has 0 radical (unpaired) electrons. The van der Waals surface area contributed by atoms with E-state index < -0.39 is 24.4 Å². The van der Waals surface area contributed by atoms with E-state index in [1.54, 1.807) is 6.07 Å². The number of rotatable bonds is 9. The lowest BCUT2D eigenvalue weighted by atomic mass is 10.1. The SMILES string of the molecule is COc1cc(NC(=O)c2ccco2)c(C(=O)OCC(=O)N[C@H](C)c2ccccc2)cc1OC. The zero-order chi connectivity index (χ0) is 23.8. The second kappa shape index (κ2) is 10.9. The summed E-state index contributed by atoms with van der Waals surface area (Å²) in [5.41, 5.74) is 1.01. The number of hydrogen-bond donors (Lipinski definition) is 2. The van der Waals surface area contributed by atoms with Crippen molar-refractivity contribution in [2.24, 2.45) is 0 Å². The Morgan fingerprint density at radius 2 is 1.67 bits per heavy atom. The minimum atomic E-state index is -0.826. The third kappa shape index (κ3) is 5.91. The molecule has 0 fully saturated rings. The van der Waals surface area contributed by atoms with E-state index in [0.29, 0.717) is 5.75 Å². The van der Waals surface area contributed by atoms with Crippen molar-refractivity contribution in [1.82, 2.24) is 5.32 Å². The maximum atomic E-state index is 12.8. The number of anilines is 1. The van der Waals surface area contributed by atoms with Crippen molar-refractivity contribution >= 4 is 23.5 Å². The molecular formula is C24H24N2O7. The van der Waals surface area contributed by atoms with Crippen molar-refractivity contribution in [3.63, 3.8) is 0 Å². The summed E-state index contributed by atoms with van der Waals surface area (Å²) in [6.45, 7) is 1.32. The van der Waals surface area contributed by atoms with Crippen molar-refractivity contribution in [1.29, 1.82) is 0 Å². The lowest BCUT2D eigenvalue weighted by Gasteiger charge is -2.16. The van der Waals surface area contributed by atoms with E-state index in [0.717, 1.165) is 5.56 Å². The molecule has 1 atom stereocenters. The smallest absolute Gasteiger partial charge is 0.340 e. The maximum absolute atomic E-state index is 12.8. The van der Waals surface area contributed by atoms with Crippen molar-refractivity contribution in [3.05, 3.63) is 77.7 Å². The molecule has 0 aliphatic heterocycles. The molecule has 1 heterocycles. The Labute approximate surface area is 190 Å². The Kier molecular flexibility index (Phi) is 7.69. The summed E-state index contributed by atoms with van der Waals surface area (Å²) in [4.78, 5) is 37.5. The van der Waals surface area contributed by atoms with Gasteiger partial charge in [-0.05, 0) is 24.6 Å². The second-order valence-electron chi connectivity index (χ2n) is 6.96. The molecule has 2 amide bonds. The van der Waals surface area contributed by atoms with Gasteiger partial charge in [-0.15, -0.1) is 0 Å². The van der Waals surface area contributed by atoms with Gasteiger partial charge in [0.05, 0.1) is 37.8 Å². The third-order valence-corrected chi connectivity index (χ3v) is 4.75. The quantitative estimate of drug-likeness (QED) is 0.477. The Bertz CT molecular complexity index is 1110. The van der Waals surface area contributed by atoms with Gasteiger partial charge in [-0.3, -0.25) is 9.59 Å². The number of carbonyl (C=O) groups excluding carboxylic acids is 3. The topological polar surface area (TPSA) is 116 Å². The molecule has 0 aliphatic rings. The largest absolute Gasteiger partial charge is 0.493 e. The molecule has 3 rings (SSSR count). The number of esters is 1. The molecule has 1 aromatic heterocycles. The van der Waals surface area contributed by atoms with Crippen LogP contribution >= 0.6 is 0 Å². The molecule has 0 saturated heterocycles. The van der Waals surface area contributed by atoms with E-state index in [-0.39, 0.29) is 28.8 Å². The van der Waals surface area contributed by atoms with Gasteiger partial charge in [-0.2, -0.15) is 0 Å². The van der Waals surface area contributed by atoms with Crippen LogP contribution in [0.3, 0.4) is 0 Å². The second-order valence-corrected chi connectivity index (χ2v) is 6.96. The average molecular weight is 452 g/mol. The Morgan fingerprint density at radius 3 is 2.30 bits per heavy atom. The van der Waals surface area contributed by atoms with Gasteiger partial charge in [-0.25, -0.2) is 4.79 Å². The summed E-state index contributed by atoms with van der Waals surface area (Å²) >= 11 is 0. The van der Waals surface area contributed by atoms with Gasteiger partial charge in [0.15, 0.2) is 23.9 Å². The fraction of sp³-hybridized carbons (Fsp3) is 0.208. The predicted molar refractivity (Wildman–Crippen MR) is 119 cm³/mol. The molecule has 2 N–H and O–H groups in total. The zero-order valence-corrected chi connectivity index (χ0v) is 18.4. The number of methoxy groups -OCH3 is 2. The van der Waals surface area contributed by atoms with Crippen LogP contribution in [-0.4, -0.2) is 38.6 Å². The van der Waals surface area contributed by atoms with E-state index in [2.05, 4.69) is 10.6 Å². The van der Waals surface area contributed by atoms with E-state index >= 15 is 0 Å². The maximum Gasteiger partial charge on any atom is 0.340 e. The summed E-state index contributed by atoms with van der Waals surface area (Å²) in [6, 6.07) is 15.0. The van der Waals surface area contributed by atoms with Crippen LogP contribution in [0, 0.1) is 0 Å². The van der Waals surface area contributed by atoms with Crippen molar-refractivity contribution < 1.29 is 33.0 Å². The first-order valence-electron chi connectivity index (χ1n) is 10.0. The number of amides is 2. The van der Waals surface area contributed by atoms with Crippen LogP contribution in [0.5, 0.6) is 11.5 Å². The summed E-state index contributed by atoms with van der Waals surface area (Å²) < 4.78 is 20.8. The highest BCUT2D eigenvalue weighted by Crippen LogP contribution is 2.34. The Morgan fingerprint density at radius 1 is 0.970 bits per heavy atom. The molecule has 33 heavy (non-hydrogen) atoms. The van der Waals surface area contributed by atoms with Crippen LogP contribution in [-0.2, 0) is 9.53 Å². The van der Waals surface area contributed by atoms with Crippen LogP contribution in [0.25, 0.3) is 0 Å². The Balaban J connectivity index is 1.73. The fourth-order valence-corrected chi connectivity index (χ4v) is 3.06. The van der Waals surface area contributed by atoms with E-state index in [1.807, 2.05) is 37.3 Å². The van der Waals surface area contributed by atoms with E-state index in [1.165, 1.54) is 38.7 Å². The minimum absolute atomic E-state index is 0.0172. The number of carbonyl (C=O) groups is 3. The molecule has 0 unspecified atom stereocenters. The molecule has 9 nitrogen and oxygen atoms in total. The highest BCUT2D eigenvalue weighted by atomic mass is 16.5. The molecule has 9 heteroatoms. The first-order valence-corrected chi connectivity index (χ1v) is 10.0. The zero-order valence-electron chi connectivity index (χ0n) is 18.4. The van der Waals surface area contributed by atoms with Crippen LogP contribution in [0.1, 0.15) is 39.4 Å². The lowest BCUT2D eigenvalue weighted by molar-refractivity contribution is -0.124. The molecule has 3 aromatic rings. The van der Waals surface area contributed by atoms with Crippen molar-refractivity contribution in [3.8, 4) is 11.5 Å². The third-order valence-electron chi connectivity index (χ3n) is 4.75. The van der Waals surface area contributed by atoms with Gasteiger partial charge in [0.1, 0.15) is 0 Å². The number of nitrogens with one attached hydrogen (secondary N) is 2. The van der Waals surface area contributed by atoms with Crippen LogP contribution in [0.2, 0.25) is 0 Å². The van der Waals surface area contributed by atoms with E-state index in [4.69, 9.17) is 18.6 Å². The standard InChI is InChI=1S/C24H24N2O7/c1-15(16-8-5-4-6-9-16)25-22(27)14-33-24(29)17-12-20(30-2)21(31-3)13-18(17)26-23(28)19-10-7-11-32-19/h4-13,15H,14H2,1-3H3,(H,25,27)(H,26,28)/t15-/m1/s1. The number of benzene rings is 2. The van der Waals surface area contributed by atoms with Gasteiger partial charge in [0.2, 0.25) is 0 Å². The first-order chi connectivity index (χ1) is 15.9.